The lowest BCUT2D eigenvalue weighted by atomic mass is 9.70. The van der Waals surface area contributed by atoms with Gasteiger partial charge in [-0.1, -0.05) is 0 Å². The number of rotatable bonds is 5. The number of hydrogen-bond acceptors (Lipinski definition) is 9. The van der Waals surface area contributed by atoms with Gasteiger partial charge in [0.1, 0.15) is 39.6 Å². The molecule has 0 saturated carbocycles. The van der Waals surface area contributed by atoms with E-state index in [9.17, 15) is 29.4 Å². The van der Waals surface area contributed by atoms with Crippen LogP contribution in [0, 0.1) is 6.92 Å². The highest BCUT2D eigenvalue weighted by Crippen LogP contribution is 2.57. The molecule has 35 heavy (non-hydrogen) atoms. The lowest BCUT2D eigenvalue weighted by Gasteiger charge is -2.29. The Hall–Kier alpha value is -3.82. The summed E-state index contributed by atoms with van der Waals surface area (Å²) in [6.07, 6.45) is 0.556. The van der Waals surface area contributed by atoms with Gasteiger partial charge >= 0.3 is 6.09 Å². The lowest BCUT2D eigenvalue weighted by Crippen LogP contribution is -2.42. The highest BCUT2D eigenvalue weighted by Gasteiger charge is 2.56. The van der Waals surface area contributed by atoms with Crippen molar-refractivity contribution < 1.29 is 38.9 Å². The number of ketones is 3. The monoisotopic (exact) mass is 486 g/mol. The Kier molecular flexibility index (Phi) is 6.45. The highest BCUT2D eigenvalue weighted by molar-refractivity contribution is 6.31. The zero-order chi connectivity index (χ0) is 26.5. The lowest BCUT2D eigenvalue weighted by molar-refractivity contribution is -0.123. The van der Waals surface area contributed by atoms with Crippen molar-refractivity contribution in [1.82, 2.24) is 10.6 Å². The Morgan fingerprint density at radius 3 is 2.26 bits per heavy atom. The fourth-order valence-electron chi connectivity index (χ4n) is 4.18. The van der Waals surface area contributed by atoms with Gasteiger partial charge in [0, 0.05) is 30.4 Å². The Balaban J connectivity index is 1.93. The third kappa shape index (κ3) is 4.36. The summed E-state index contributed by atoms with van der Waals surface area (Å²) in [6, 6.07) is 0. The fourth-order valence-corrected chi connectivity index (χ4v) is 4.18. The minimum absolute atomic E-state index is 0.0262. The van der Waals surface area contributed by atoms with Crippen molar-refractivity contribution in [3.05, 3.63) is 39.8 Å². The maximum atomic E-state index is 13.7. The van der Waals surface area contributed by atoms with E-state index >= 15 is 0 Å². The molecule has 1 unspecified atom stereocenters. The molecule has 10 heteroatoms. The third-order valence-corrected chi connectivity index (χ3v) is 5.94. The molecule has 0 saturated heterocycles. The molecule has 0 bridgehead atoms. The largest absolute Gasteiger partial charge is 0.507 e. The average Bonchev–Trinajstić information content (AvgIpc) is 3.01. The first-order valence-electron chi connectivity index (χ1n) is 11.1. The molecule has 0 spiro atoms. The maximum Gasteiger partial charge on any atom is 0.407 e. The maximum absolute atomic E-state index is 13.7. The van der Waals surface area contributed by atoms with Gasteiger partial charge in [0.05, 0.1) is 11.1 Å². The van der Waals surface area contributed by atoms with Crippen molar-refractivity contribution in [3.63, 3.8) is 0 Å². The molecule has 188 valence electrons. The van der Waals surface area contributed by atoms with E-state index in [2.05, 4.69) is 10.6 Å². The van der Waals surface area contributed by atoms with E-state index in [-0.39, 0.29) is 58.3 Å². The molecule has 1 aromatic carbocycles. The van der Waals surface area contributed by atoms with Gasteiger partial charge < -0.3 is 30.3 Å². The molecule has 0 radical (unpaired) electrons. The van der Waals surface area contributed by atoms with Crippen LogP contribution in [0.15, 0.2) is 23.1 Å². The second-order valence-corrected chi connectivity index (χ2v) is 9.74. The number of Topliss-reactive ketones (excluding diaryl/α,β-unsaturated/α-hetero) is 2. The zero-order valence-electron chi connectivity index (χ0n) is 20.8. The highest BCUT2D eigenvalue weighted by atomic mass is 16.6. The smallest absolute Gasteiger partial charge is 0.407 e. The van der Waals surface area contributed by atoms with Crippen LogP contribution in [0.4, 0.5) is 4.79 Å². The van der Waals surface area contributed by atoms with Crippen LogP contribution in [0.1, 0.15) is 63.0 Å². The van der Waals surface area contributed by atoms with Gasteiger partial charge in [0.25, 0.3) is 0 Å². The Labute approximate surface area is 203 Å². The second kappa shape index (κ2) is 8.75. The van der Waals surface area contributed by atoms with Crippen LogP contribution in [-0.2, 0) is 19.7 Å². The first kappa shape index (κ1) is 25.8. The number of allylic oxidation sites excluding steroid dienone is 4. The molecule has 1 aliphatic heterocycles. The number of aromatic hydroxyl groups is 2. The Morgan fingerprint density at radius 1 is 1.09 bits per heavy atom. The number of amides is 1. The van der Waals surface area contributed by atoms with Crippen molar-refractivity contribution in [2.75, 3.05) is 13.1 Å². The van der Waals surface area contributed by atoms with Crippen LogP contribution >= 0.6 is 0 Å². The van der Waals surface area contributed by atoms with Gasteiger partial charge in [-0.2, -0.15) is 0 Å². The van der Waals surface area contributed by atoms with Gasteiger partial charge in [-0.25, -0.2) is 4.79 Å². The van der Waals surface area contributed by atoms with E-state index in [1.54, 1.807) is 27.7 Å². The number of nitrogens with one attached hydrogen (secondary N) is 2. The summed E-state index contributed by atoms with van der Waals surface area (Å²) in [5.74, 6) is -2.75. The van der Waals surface area contributed by atoms with Crippen molar-refractivity contribution in [2.24, 2.45) is 0 Å². The molecular weight excluding hydrogens is 456 g/mol. The van der Waals surface area contributed by atoms with Crippen LogP contribution in [0.5, 0.6) is 17.2 Å². The van der Waals surface area contributed by atoms with E-state index in [0.29, 0.717) is 0 Å². The summed E-state index contributed by atoms with van der Waals surface area (Å²) >= 11 is 0. The van der Waals surface area contributed by atoms with E-state index in [4.69, 9.17) is 9.47 Å². The van der Waals surface area contributed by atoms with E-state index in [1.807, 2.05) is 0 Å². The topological polar surface area (TPSA) is 151 Å². The normalized spacial score (nSPS) is 20.4. The number of phenolic OH excluding ortho intramolecular Hbond substituents is 2. The molecule has 1 aromatic rings. The van der Waals surface area contributed by atoms with Crippen LogP contribution in [0.25, 0.3) is 0 Å². The summed E-state index contributed by atoms with van der Waals surface area (Å²) in [4.78, 5) is 50.6. The molecule has 10 nitrogen and oxygen atoms in total. The summed E-state index contributed by atoms with van der Waals surface area (Å²) < 4.78 is 10.9. The number of fused-ring (bicyclic) bond motifs is 3. The quantitative estimate of drug-likeness (QED) is 0.213. The number of hydrogen-bond donors (Lipinski definition) is 4. The summed E-state index contributed by atoms with van der Waals surface area (Å²) in [5.41, 5.74) is -2.20. The predicted octanol–water partition coefficient (Wildman–Crippen LogP) is 2.68. The zero-order valence-corrected chi connectivity index (χ0v) is 20.8. The summed E-state index contributed by atoms with van der Waals surface area (Å²) in [7, 11) is 0. The van der Waals surface area contributed by atoms with Gasteiger partial charge in [-0.15, -0.1) is 0 Å². The van der Waals surface area contributed by atoms with Crippen molar-refractivity contribution in [1.29, 1.82) is 0 Å². The van der Waals surface area contributed by atoms with Crippen LogP contribution < -0.4 is 15.4 Å². The summed E-state index contributed by atoms with van der Waals surface area (Å²) in [6.45, 7) is 11.3. The average molecular weight is 487 g/mol. The van der Waals surface area contributed by atoms with Crippen molar-refractivity contribution >= 4 is 23.4 Å². The number of benzene rings is 1. The molecule has 1 heterocycles. The Bertz CT molecular complexity index is 1220. The van der Waals surface area contributed by atoms with Crippen molar-refractivity contribution in [3.8, 4) is 17.2 Å². The first-order chi connectivity index (χ1) is 16.1. The molecule has 2 aliphatic rings. The number of carbonyl (C=O) groups excluding carboxylic acids is 4. The number of alkyl carbamates (subject to hydrolysis) is 1. The number of phenols is 2. The molecule has 1 aliphatic carbocycles. The predicted molar refractivity (Wildman–Crippen MR) is 126 cm³/mol. The SMILES string of the molecule is CC(=O)c1c(O)c(C)c(O)c2c1OC1=CC(=O)C(=C(C)NCCNC(=O)OC(C)(C)C)C(=O)C12C. The number of ether oxygens (including phenoxy) is 2. The molecule has 0 aromatic heterocycles. The van der Waals surface area contributed by atoms with Gasteiger partial charge in [0.2, 0.25) is 0 Å². The Morgan fingerprint density at radius 2 is 1.69 bits per heavy atom. The molecule has 4 N–H and O–H groups in total. The third-order valence-electron chi connectivity index (χ3n) is 5.94. The van der Waals surface area contributed by atoms with Gasteiger partial charge in [-0.3, -0.25) is 14.4 Å². The standard InChI is InChI=1S/C25H30N2O8/c1-11-19(30)17(13(3)28)21-18(20(11)31)25(7)15(34-21)10-14(29)16(22(25)32)12(2)26-8-9-27-23(33)35-24(4,5)6/h10,26,30-31H,8-9H2,1-7H3,(H,27,33). The van der Waals surface area contributed by atoms with Gasteiger partial charge in [0.15, 0.2) is 17.3 Å². The van der Waals surface area contributed by atoms with Crippen molar-refractivity contribution in [2.45, 2.75) is 59.5 Å². The van der Waals surface area contributed by atoms with E-state index in [0.717, 1.165) is 6.08 Å². The minimum atomic E-state index is -1.58. The van der Waals surface area contributed by atoms with E-state index in [1.165, 1.54) is 20.8 Å². The molecule has 0 fully saturated rings. The van der Waals surface area contributed by atoms with Gasteiger partial charge in [-0.05, 0) is 48.5 Å². The van der Waals surface area contributed by atoms with Crippen LogP contribution in [0.2, 0.25) is 0 Å². The fraction of sp³-hybridized carbons (Fsp3) is 0.440. The van der Waals surface area contributed by atoms with Crippen LogP contribution in [0.3, 0.4) is 0 Å². The minimum Gasteiger partial charge on any atom is -0.507 e. The molecule has 1 amide bonds. The number of carbonyl (C=O) groups is 4. The summed E-state index contributed by atoms with van der Waals surface area (Å²) in [5, 5.41) is 26.8. The molecule has 3 rings (SSSR count). The first-order valence-corrected chi connectivity index (χ1v) is 11.1. The molecule has 1 atom stereocenters. The van der Waals surface area contributed by atoms with E-state index < -0.39 is 40.2 Å². The molecular formula is C25H30N2O8. The van der Waals surface area contributed by atoms with Crippen LogP contribution in [-0.4, -0.2) is 52.3 Å². The second-order valence-electron chi connectivity index (χ2n) is 9.74.